The van der Waals surface area contributed by atoms with E-state index in [0.717, 1.165) is 25.9 Å². The van der Waals surface area contributed by atoms with E-state index in [0.29, 0.717) is 18.2 Å². The Morgan fingerprint density at radius 3 is 3.11 bits per heavy atom. The van der Waals surface area contributed by atoms with Crippen molar-refractivity contribution in [1.82, 2.24) is 9.88 Å². The first-order valence-corrected chi connectivity index (χ1v) is 7.13. The van der Waals surface area contributed by atoms with E-state index in [4.69, 9.17) is 0 Å². The fourth-order valence-electron chi connectivity index (χ4n) is 3.04. The number of fused-ring (bicyclic) bond motifs is 1. The lowest BCUT2D eigenvalue weighted by atomic mass is 9.98. The SMILES string of the molecule is CCCC(=O)N1CCC(c2c[nH]c3ccccc23)C1. The van der Waals surface area contributed by atoms with Crippen molar-refractivity contribution in [1.29, 1.82) is 0 Å². The highest BCUT2D eigenvalue weighted by Crippen LogP contribution is 2.32. The van der Waals surface area contributed by atoms with Gasteiger partial charge in [-0.3, -0.25) is 4.79 Å². The predicted octanol–water partition coefficient (Wildman–Crippen LogP) is 3.28. The number of amides is 1. The van der Waals surface area contributed by atoms with Gasteiger partial charge in [-0.15, -0.1) is 0 Å². The van der Waals surface area contributed by atoms with Crippen molar-refractivity contribution in [3.8, 4) is 0 Å². The largest absolute Gasteiger partial charge is 0.361 e. The first kappa shape index (κ1) is 12.3. The average Bonchev–Trinajstić information content (AvgIpc) is 3.05. The average molecular weight is 256 g/mol. The third-order valence-corrected chi connectivity index (χ3v) is 4.07. The van der Waals surface area contributed by atoms with Gasteiger partial charge in [0.15, 0.2) is 0 Å². The molecule has 1 aromatic carbocycles. The first-order chi connectivity index (χ1) is 9.29. The van der Waals surface area contributed by atoms with E-state index in [1.807, 2.05) is 11.0 Å². The van der Waals surface area contributed by atoms with Crippen LogP contribution in [0.25, 0.3) is 10.9 Å². The number of para-hydroxylation sites is 1. The van der Waals surface area contributed by atoms with Crippen LogP contribution in [-0.4, -0.2) is 28.9 Å². The molecule has 0 aliphatic carbocycles. The summed E-state index contributed by atoms with van der Waals surface area (Å²) in [4.78, 5) is 17.3. The van der Waals surface area contributed by atoms with E-state index < -0.39 is 0 Å². The van der Waals surface area contributed by atoms with Gasteiger partial charge >= 0.3 is 0 Å². The van der Waals surface area contributed by atoms with Crippen LogP contribution in [0.5, 0.6) is 0 Å². The van der Waals surface area contributed by atoms with Crippen molar-refractivity contribution in [2.24, 2.45) is 0 Å². The zero-order chi connectivity index (χ0) is 13.2. The van der Waals surface area contributed by atoms with Gasteiger partial charge < -0.3 is 9.88 Å². The highest BCUT2D eigenvalue weighted by molar-refractivity contribution is 5.84. The molecular weight excluding hydrogens is 236 g/mol. The number of hydrogen-bond acceptors (Lipinski definition) is 1. The smallest absolute Gasteiger partial charge is 0.222 e. The Morgan fingerprint density at radius 2 is 2.26 bits per heavy atom. The molecule has 1 atom stereocenters. The number of carbonyl (C=O) groups excluding carboxylic acids is 1. The van der Waals surface area contributed by atoms with Gasteiger partial charge in [-0.2, -0.15) is 0 Å². The third-order valence-electron chi connectivity index (χ3n) is 4.07. The highest BCUT2D eigenvalue weighted by Gasteiger charge is 2.28. The van der Waals surface area contributed by atoms with Gasteiger partial charge in [0.1, 0.15) is 0 Å². The van der Waals surface area contributed by atoms with Gasteiger partial charge in [-0.25, -0.2) is 0 Å². The summed E-state index contributed by atoms with van der Waals surface area (Å²) in [6.45, 7) is 3.84. The van der Waals surface area contributed by atoms with Crippen molar-refractivity contribution in [2.45, 2.75) is 32.1 Å². The molecule has 1 fully saturated rings. The van der Waals surface area contributed by atoms with Crippen LogP contribution in [0.3, 0.4) is 0 Å². The van der Waals surface area contributed by atoms with E-state index in [-0.39, 0.29) is 0 Å². The number of likely N-dealkylation sites (tertiary alicyclic amines) is 1. The second-order valence-electron chi connectivity index (χ2n) is 5.36. The second-order valence-corrected chi connectivity index (χ2v) is 5.36. The summed E-state index contributed by atoms with van der Waals surface area (Å²) >= 11 is 0. The molecule has 0 saturated carbocycles. The number of rotatable bonds is 3. The molecule has 19 heavy (non-hydrogen) atoms. The van der Waals surface area contributed by atoms with Crippen molar-refractivity contribution in [3.05, 3.63) is 36.0 Å². The molecule has 0 spiro atoms. The van der Waals surface area contributed by atoms with Gasteiger partial charge in [0.05, 0.1) is 0 Å². The molecule has 100 valence electrons. The minimum absolute atomic E-state index is 0.310. The minimum atomic E-state index is 0.310. The number of aromatic nitrogens is 1. The molecule has 3 rings (SSSR count). The fourth-order valence-corrected chi connectivity index (χ4v) is 3.04. The Balaban J connectivity index is 1.79. The van der Waals surface area contributed by atoms with Crippen molar-refractivity contribution < 1.29 is 4.79 Å². The lowest BCUT2D eigenvalue weighted by Gasteiger charge is -2.16. The zero-order valence-electron chi connectivity index (χ0n) is 11.4. The van der Waals surface area contributed by atoms with E-state index in [1.165, 1.54) is 16.5 Å². The van der Waals surface area contributed by atoms with Crippen molar-refractivity contribution in [2.75, 3.05) is 13.1 Å². The Morgan fingerprint density at radius 1 is 1.42 bits per heavy atom. The molecule has 1 N–H and O–H groups in total. The van der Waals surface area contributed by atoms with Crippen LogP contribution in [0.4, 0.5) is 0 Å². The minimum Gasteiger partial charge on any atom is -0.361 e. The lowest BCUT2D eigenvalue weighted by Crippen LogP contribution is -2.27. The maximum atomic E-state index is 11.9. The molecule has 0 bridgehead atoms. The van der Waals surface area contributed by atoms with Crippen LogP contribution in [0, 0.1) is 0 Å². The zero-order valence-corrected chi connectivity index (χ0v) is 11.4. The van der Waals surface area contributed by atoms with Gasteiger partial charge in [-0.05, 0) is 24.5 Å². The standard InChI is InChI=1S/C16H20N2O/c1-2-5-16(19)18-9-8-12(11-18)14-10-17-15-7-4-3-6-13(14)15/h3-4,6-7,10,12,17H,2,5,8-9,11H2,1H3. The molecular formula is C16H20N2O. The Bertz CT molecular complexity index is 587. The summed E-state index contributed by atoms with van der Waals surface area (Å²) in [5.74, 6) is 0.793. The predicted molar refractivity (Wildman–Crippen MR) is 77.1 cm³/mol. The summed E-state index contributed by atoms with van der Waals surface area (Å²) < 4.78 is 0. The van der Waals surface area contributed by atoms with E-state index in [9.17, 15) is 4.79 Å². The second kappa shape index (κ2) is 5.08. The monoisotopic (exact) mass is 256 g/mol. The number of nitrogens with one attached hydrogen (secondary N) is 1. The Kier molecular flexibility index (Phi) is 3.28. The number of nitrogens with zero attached hydrogens (tertiary/aromatic N) is 1. The van der Waals surface area contributed by atoms with Gasteiger partial charge in [0.25, 0.3) is 0 Å². The van der Waals surface area contributed by atoms with Gasteiger partial charge in [0.2, 0.25) is 5.91 Å². The van der Waals surface area contributed by atoms with E-state index in [2.05, 4.69) is 36.3 Å². The van der Waals surface area contributed by atoms with Crippen LogP contribution in [-0.2, 0) is 4.79 Å². The summed E-state index contributed by atoms with van der Waals surface area (Å²) in [5.41, 5.74) is 2.55. The number of carbonyl (C=O) groups is 1. The van der Waals surface area contributed by atoms with Gasteiger partial charge in [0, 0.05) is 42.5 Å². The van der Waals surface area contributed by atoms with E-state index in [1.54, 1.807) is 0 Å². The maximum absolute atomic E-state index is 11.9. The van der Waals surface area contributed by atoms with Crippen LogP contribution in [0.2, 0.25) is 0 Å². The van der Waals surface area contributed by atoms with Crippen LogP contribution in [0.1, 0.15) is 37.7 Å². The summed E-state index contributed by atoms with van der Waals surface area (Å²) in [7, 11) is 0. The van der Waals surface area contributed by atoms with Crippen LogP contribution < -0.4 is 0 Å². The first-order valence-electron chi connectivity index (χ1n) is 7.13. The van der Waals surface area contributed by atoms with Gasteiger partial charge in [-0.1, -0.05) is 25.1 Å². The maximum Gasteiger partial charge on any atom is 0.222 e. The number of aromatic amines is 1. The molecule has 1 aliphatic rings. The summed E-state index contributed by atoms with van der Waals surface area (Å²) in [6, 6.07) is 8.40. The highest BCUT2D eigenvalue weighted by atomic mass is 16.2. The molecule has 1 amide bonds. The summed E-state index contributed by atoms with van der Waals surface area (Å²) in [5, 5.41) is 1.30. The molecule has 2 heterocycles. The molecule has 3 heteroatoms. The third kappa shape index (κ3) is 2.25. The Labute approximate surface area is 113 Å². The van der Waals surface area contributed by atoms with E-state index >= 15 is 0 Å². The molecule has 1 unspecified atom stereocenters. The molecule has 1 aromatic heterocycles. The number of hydrogen-bond donors (Lipinski definition) is 1. The molecule has 1 aliphatic heterocycles. The lowest BCUT2D eigenvalue weighted by molar-refractivity contribution is -0.130. The number of H-pyrrole nitrogens is 1. The van der Waals surface area contributed by atoms with Crippen molar-refractivity contribution >= 4 is 16.8 Å². The fraction of sp³-hybridized carbons (Fsp3) is 0.438. The molecule has 2 aromatic rings. The Hall–Kier alpha value is -1.77. The quantitative estimate of drug-likeness (QED) is 0.898. The molecule has 0 radical (unpaired) electrons. The number of benzene rings is 1. The topological polar surface area (TPSA) is 36.1 Å². The van der Waals surface area contributed by atoms with Crippen LogP contribution in [0.15, 0.2) is 30.5 Å². The molecule has 3 nitrogen and oxygen atoms in total. The molecule has 1 saturated heterocycles. The van der Waals surface area contributed by atoms with Crippen LogP contribution >= 0.6 is 0 Å². The van der Waals surface area contributed by atoms with Crippen molar-refractivity contribution in [3.63, 3.8) is 0 Å². The normalized spacial score (nSPS) is 19.2. The summed E-state index contributed by atoms with van der Waals surface area (Å²) in [6.07, 6.45) is 4.81.